The number of ether oxygens (including phenoxy) is 1. The van der Waals surface area contributed by atoms with E-state index < -0.39 is 5.97 Å². The molecule has 5 heteroatoms. The van der Waals surface area contributed by atoms with Gasteiger partial charge in [-0.05, 0) is 24.3 Å². The number of para-hydroxylation sites is 1. The highest BCUT2D eigenvalue weighted by atomic mass is 16.5. The van der Waals surface area contributed by atoms with Crippen LogP contribution in [0.4, 0.5) is 0 Å². The quantitative estimate of drug-likeness (QED) is 0.787. The Labute approximate surface area is 114 Å². The molecule has 0 aliphatic rings. The maximum atomic E-state index is 11.3. The molecular formula is C15H11NO4. The van der Waals surface area contributed by atoms with Gasteiger partial charge in [-0.3, -0.25) is 4.98 Å². The Bertz CT molecular complexity index is 750. The number of carboxylic acids is 1. The Morgan fingerprint density at radius 1 is 1.25 bits per heavy atom. The highest BCUT2D eigenvalue weighted by Gasteiger charge is 2.16. The summed E-state index contributed by atoms with van der Waals surface area (Å²) in [4.78, 5) is 15.4. The molecule has 1 N–H and O–H groups in total. The Hall–Kier alpha value is -2.82. The molecule has 0 spiro atoms. The summed E-state index contributed by atoms with van der Waals surface area (Å²) in [6.45, 7) is 0.168. The number of furan rings is 1. The van der Waals surface area contributed by atoms with Gasteiger partial charge in [0.1, 0.15) is 23.7 Å². The fourth-order valence-corrected chi connectivity index (χ4v) is 1.96. The van der Waals surface area contributed by atoms with Gasteiger partial charge in [-0.15, -0.1) is 0 Å². The average Bonchev–Trinajstić information content (AvgIpc) is 2.97. The van der Waals surface area contributed by atoms with Gasteiger partial charge in [0.15, 0.2) is 0 Å². The topological polar surface area (TPSA) is 72.6 Å². The van der Waals surface area contributed by atoms with E-state index in [0.29, 0.717) is 22.4 Å². The van der Waals surface area contributed by atoms with E-state index in [1.807, 2.05) is 12.1 Å². The molecule has 5 nitrogen and oxygen atoms in total. The van der Waals surface area contributed by atoms with Crippen molar-refractivity contribution in [1.29, 1.82) is 0 Å². The van der Waals surface area contributed by atoms with Crippen molar-refractivity contribution in [1.82, 2.24) is 4.98 Å². The zero-order valence-corrected chi connectivity index (χ0v) is 10.4. The first-order valence-electron chi connectivity index (χ1n) is 6.02. The van der Waals surface area contributed by atoms with E-state index >= 15 is 0 Å². The number of hydrogen-bond acceptors (Lipinski definition) is 4. The van der Waals surface area contributed by atoms with Crippen molar-refractivity contribution in [2.24, 2.45) is 0 Å². The zero-order chi connectivity index (χ0) is 13.9. The fourth-order valence-electron chi connectivity index (χ4n) is 1.96. The maximum absolute atomic E-state index is 11.3. The lowest BCUT2D eigenvalue weighted by Gasteiger charge is -2.10. The summed E-state index contributed by atoms with van der Waals surface area (Å²) < 4.78 is 10.8. The SMILES string of the molecule is O=C(O)c1cnc2ccccc2c1OCc1ccco1. The summed E-state index contributed by atoms with van der Waals surface area (Å²) in [5.41, 5.74) is 0.724. The van der Waals surface area contributed by atoms with Crippen LogP contribution in [0.15, 0.2) is 53.3 Å². The fraction of sp³-hybridized carbons (Fsp3) is 0.0667. The van der Waals surface area contributed by atoms with Crippen LogP contribution >= 0.6 is 0 Å². The third-order valence-electron chi connectivity index (χ3n) is 2.90. The summed E-state index contributed by atoms with van der Waals surface area (Å²) >= 11 is 0. The normalized spacial score (nSPS) is 10.6. The molecule has 1 aromatic carbocycles. The third-order valence-corrected chi connectivity index (χ3v) is 2.90. The number of rotatable bonds is 4. The minimum absolute atomic E-state index is 0.0373. The van der Waals surface area contributed by atoms with Crippen molar-refractivity contribution in [3.05, 3.63) is 60.2 Å². The van der Waals surface area contributed by atoms with Gasteiger partial charge in [-0.25, -0.2) is 4.79 Å². The number of carbonyl (C=O) groups is 1. The molecule has 0 fully saturated rings. The lowest BCUT2D eigenvalue weighted by Crippen LogP contribution is -2.04. The van der Waals surface area contributed by atoms with Crippen LogP contribution in [0, 0.1) is 0 Å². The summed E-state index contributed by atoms with van der Waals surface area (Å²) in [5.74, 6) is -0.139. The highest BCUT2D eigenvalue weighted by molar-refractivity contribution is 5.98. The second-order valence-electron chi connectivity index (χ2n) is 4.19. The highest BCUT2D eigenvalue weighted by Crippen LogP contribution is 2.29. The van der Waals surface area contributed by atoms with E-state index in [0.717, 1.165) is 0 Å². The van der Waals surface area contributed by atoms with Gasteiger partial charge in [0.25, 0.3) is 0 Å². The van der Waals surface area contributed by atoms with Crippen molar-refractivity contribution in [2.45, 2.75) is 6.61 Å². The second kappa shape index (κ2) is 5.05. The van der Waals surface area contributed by atoms with Gasteiger partial charge in [0.2, 0.25) is 0 Å². The molecule has 0 aliphatic carbocycles. The smallest absolute Gasteiger partial charge is 0.341 e. The second-order valence-corrected chi connectivity index (χ2v) is 4.19. The van der Waals surface area contributed by atoms with Crippen molar-refractivity contribution >= 4 is 16.9 Å². The minimum atomic E-state index is -1.07. The molecule has 0 atom stereocenters. The monoisotopic (exact) mass is 269 g/mol. The van der Waals surface area contributed by atoms with Crippen LogP contribution in [0.3, 0.4) is 0 Å². The minimum Gasteiger partial charge on any atom is -0.484 e. The molecule has 0 aliphatic heterocycles. The van der Waals surface area contributed by atoms with Crippen LogP contribution in [0.1, 0.15) is 16.1 Å². The summed E-state index contributed by atoms with van der Waals surface area (Å²) in [6.07, 6.45) is 2.85. The number of pyridine rings is 1. The molecule has 0 radical (unpaired) electrons. The van der Waals surface area contributed by atoms with E-state index in [4.69, 9.17) is 9.15 Å². The molecule has 100 valence electrons. The molecule has 2 aromatic heterocycles. The number of nitrogens with zero attached hydrogens (tertiary/aromatic N) is 1. The number of fused-ring (bicyclic) bond motifs is 1. The largest absolute Gasteiger partial charge is 0.484 e. The Morgan fingerprint density at radius 3 is 2.85 bits per heavy atom. The van der Waals surface area contributed by atoms with Crippen molar-refractivity contribution in [3.8, 4) is 5.75 Å². The summed E-state index contributed by atoms with van der Waals surface area (Å²) in [7, 11) is 0. The zero-order valence-electron chi connectivity index (χ0n) is 10.4. The Balaban J connectivity index is 2.05. The first kappa shape index (κ1) is 12.2. The number of aromatic nitrogens is 1. The molecular weight excluding hydrogens is 258 g/mol. The third kappa shape index (κ3) is 2.21. The Morgan fingerprint density at radius 2 is 2.10 bits per heavy atom. The molecule has 0 unspecified atom stereocenters. The molecule has 0 saturated heterocycles. The molecule has 0 amide bonds. The predicted molar refractivity (Wildman–Crippen MR) is 71.7 cm³/mol. The number of carboxylic acid groups (broad SMARTS) is 1. The first-order chi connectivity index (χ1) is 9.75. The molecule has 20 heavy (non-hydrogen) atoms. The van der Waals surface area contributed by atoms with E-state index in [2.05, 4.69) is 4.98 Å². The average molecular weight is 269 g/mol. The lowest BCUT2D eigenvalue weighted by molar-refractivity contribution is 0.0691. The van der Waals surface area contributed by atoms with Crippen molar-refractivity contribution in [3.63, 3.8) is 0 Å². The number of hydrogen-bond donors (Lipinski definition) is 1. The van der Waals surface area contributed by atoms with Gasteiger partial charge in [0.05, 0.1) is 11.8 Å². The summed E-state index contributed by atoms with van der Waals surface area (Å²) in [5, 5.41) is 9.90. The summed E-state index contributed by atoms with van der Waals surface area (Å²) in [6, 6.07) is 10.8. The van der Waals surface area contributed by atoms with Gasteiger partial charge in [-0.2, -0.15) is 0 Å². The van der Waals surface area contributed by atoms with E-state index in [9.17, 15) is 9.90 Å². The lowest BCUT2D eigenvalue weighted by atomic mass is 10.1. The predicted octanol–water partition coefficient (Wildman–Crippen LogP) is 3.11. The number of benzene rings is 1. The Kier molecular flexibility index (Phi) is 3.09. The van der Waals surface area contributed by atoms with E-state index in [1.54, 1.807) is 30.5 Å². The van der Waals surface area contributed by atoms with Gasteiger partial charge < -0.3 is 14.3 Å². The van der Waals surface area contributed by atoms with Gasteiger partial charge >= 0.3 is 5.97 Å². The van der Waals surface area contributed by atoms with Crippen LogP contribution in [-0.2, 0) is 6.61 Å². The molecule has 0 saturated carbocycles. The van der Waals surface area contributed by atoms with Crippen LogP contribution in [0.5, 0.6) is 5.75 Å². The molecule has 0 bridgehead atoms. The van der Waals surface area contributed by atoms with Crippen LogP contribution in [0.2, 0.25) is 0 Å². The van der Waals surface area contributed by atoms with Crippen LogP contribution < -0.4 is 4.74 Å². The van der Waals surface area contributed by atoms with Crippen LogP contribution in [-0.4, -0.2) is 16.1 Å². The van der Waals surface area contributed by atoms with Gasteiger partial charge in [-0.1, -0.05) is 12.1 Å². The standard InChI is InChI=1S/C15H11NO4/c17-15(18)12-8-16-13-6-2-1-5-11(13)14(12)20-9-10-4-3-7-19-10/h1-8H,9H2,(H,17,18). The van der Waals surface area contributed by atoms with Gasteiger partial charge in [0, 0.05) is 11.6 Å². The maximum Gasteiger partial charge on any atom is 0.341 e. The first-order valence-corrected chi connectivity index (χ1v) is 6.02. The van der Waals surface area contributed by atoms with E-state index in [-0.39, 0.29) is 12.2 Å². The van der Waals surface area contributed by atoms with Crippen molar-refractivity contribution < 1.29 is 19.1 Å². The van der Waals surface area contributed by atoms with Crippen molar-refractivity contribution in [2.75, 3.05) is 0 Å². The number of aromatic carboxylic acids is 1. The molecule has 3 aromatic rings. The van der Waals surface area contributed by atoms with Crippen LogP contribution in [0.25, 0.3) is 10.9 Å². The molecule has 2 heterocycles. The molecule has 3 rings (SSSR count). The van der Waals surface area contributed by atoms with E-state index in [1.165, 1.54) is 6.20 Å².